The van der Waals surface area contributed by atoms with Crippen molar-refractivity contribution in [2.45, 2.75) is 0 Å². The predicted octanol–water partition coefficient (Wildman–Crippen LogP) is 0.739. The lowest BCUT2D eigenvalue weighted by molar-refractivity contribution is 0.122. The van der Waals surface area contributed by atoms with E-state index in [1.165, 1.54) is 0 Å². The van der Waals surface area contributed by atoms with Gasteiger partial charge in [0, 0.05) is 18.8 Å². The van der Waals surface area contributed by atoms with Gasteiger partial charge in [-0.3, -0.25) is 5.41 Å². The number of hydrogen-bond donors (Lipinski definition) is 2. The highest BCUT2D eigenvalue weighted by molar-refractivity contribution is 5.97. The molecule has 5 heteroatoms. The molecule has 0 atom stereocenters. The first kappa shape index (κ1) is 10.9. The maximum atomic E-state index is 7.63. The summed E-state index contributed by atoms with van der Waals surface area (Å²) in [5, 5.41) is 7.63. The smallest absolute Gasteiger partial charge is 0.239 e. The van der Waals surface area contributed by atoms with Crippen LogP contribution >= 0.6 is 0 Å². The van der Waals surface area contributed by atoms with Crippen molar-refractivity contribution in [3.8, 4) is 0 Å². The summed E-state index contributed by atoms with van der Waals surface area (Å²) in [6.07, 6.45) is 0. The number of nitrogens with two attached hydrogens (primary N) is 1. The maximum Gasteiger partial charge on any atom is 0.239 e. The SMILES string of the molecule is N=C(ON)c1ccccc1N1CCOCC1. The molecule has 0 bridgehead atoms. The van der Waals surface area contributed by atoms with Crippen LogP contribution in [0.2, 0.25) is 0 Å². The van der Waals surface area contributed by atoms with Crippen LogP contribution in [0.15, 0.2) is 24.3 Å². The summed E-state index contributed by atoms with van der Waals surface area (Å²) in [6.45, 7) is 3.08. The van der Waals surface area contributed by atoms with Crippen LogP contribution in [0.1, 0.15) is 5.56 Å². The number of benzene rings is 1. The van der Waals surface area contributed by atoms with Crippen molar-refractivity contribution in [3.05, 3.63) is 29.8 Å². The molecule has 1 aromatic rings. The third kappa shape index (κ3) is 2.15. The first-order valence-corrected chi connectivity index (χ1v) is 5.20. The number of anilines is 1. The minimum absolute atomic E-state index is 0.0120. The molecule has 0 amide bonds. The van der Waals surface area contributed by atoms with E-state index in [0.717, 1.165) is 18.8 Å². The van der Waals surface area contributed by atoms with Gasteiger partial charge in [-0.05, 0) is 12.1 Å². The van der Waals surface area contributed by atoms with Crippen molar-refractivity contribution in [2.75, 3.05) is 31.2 Å². The van der Waals surface area contributed by atoms with E-state index >= 15 is 0 Å². The van der Waals surface area contributed by atoms with E-state index in [2.05, 4.69) is 9.74 Å². The molecule has 1 aromatic carbocycles. The molecule has 0 saturated carbocycles. The largest absolute Gasteiger partial charge is 0.391 e. The van der Waals surface area contributed by atoms with E-state index in [0.29, 0.717) is 18.8 Å². The topological polar surface area (TPSA) is 71.6 Å². The second-order valence-corrected chi connectivity index (χ2v) is 3.56. The predicted molar refractivity (Wildman–Crippen MR) is 61.6 cm³/mol. The summed E-state index contributed by atoms with van der Waals surface area (Å²) >= 11 is 0. The van der Waals surface area contributed by atoms with E-state index < -0.39 is 0 Å². The molecule has 0 radical (unpaired) electrons. The van der Waals surface area contributed by atoms with Gasteiger partial charge in [0.1, 0.15) is 0 Å². The summed E-state index contributed by atoms with van der Waals surface area (Å²) in [7, 11) is 0. The Morgan fingerprint density at radius 2 is 2.00 bits per heavy atom. The van der Waals surface area contributed by atoms with E-state index in [9.17, 15) is 0 Å². The fraction of sp³-hybridized carbons (Fsp3) is 0.364. The van der Waals surface area contributed by atoms with Crippen LogP contribution in [-0.2, 0) is 9.57 Å². The highest BCUT2D eigenvalue weighted by atomic mass is 16.6. The third-order valence-corrected chi connectivity index (χ3v) is 2.62. The van der Waals surface area contributed by atoms with Gasteiger partial charge in [0.15, 0.2) is 0 Å². The Kier molecular flexibility index (Phi) is 3.38. The molecule has 0 aromatic heterocycles. The van der Waals surface area contributed by atoms with Crippen LogP contribution in [0.3, 0.4) is 0 Å². The van der Waals surface area contributed by atoms with Crippen LogP contribution in [0.5, 0.6) is 0 Å². The number of nitrogens with one attached hydrogen (secondary N) is 1. The normalized spacial score (nSPS) is 15.9. The standard InChI is InChI=1S/C11H15N3O2/c12-11(16-13)9-3-1-2-4-10(9)14-5-7-15-8-6-14/h1-4,12H,5-8,13H2. The number of morpholine rings is 1. The van der Waals surface area contributed by atoms with Crippen molar-refractivity contribution in [1.29, 1.82) is 5.41 Å². The molecule has 0 aliphatic carbocycles. The van der Waals surface area contributed by atoms with Gasteiger partial charge in [-0.1, -0.05) is 12.1 Å². The van der Waals surface area contributed by atoms with Gasteiger partial charge in [0.05, 0.1) is 18.8 Å². The summed E-state index contributed by atoms with van der Waals surface area (Å²) in [4.78, 5) is 6.67. The average molecular weight is 221 g/mol. The summed E-state index contributed by atoms with van der Waals surface area (Å²) < 4.78 is 5.30. The lowest BCUT2D eigenvalue weighted by atomic mass is 10.1. The monoisotopic (exact) mass is 221 g/mol. The molecule has 1 fully saturated rings. The van der Waals surface area contributed by atoms with Gasteiger partial charge in [0.25, 0.3) is 0 Å². The molecule has 16 heavy (non-hydrogen) atoms. The zero-order chi connectivity index (χ0) is 11.4. The Bertz CT molecular complexity index is 375. The second-order valence-electron chi connectivity index (χ2n) is 3.56. The summed E-state index contributed by atoms with van der Waals surface area (Å²) in [5.41, 5.74) is 1.69. The number of para-hydroxylation sites is 1. The Labute approximate surface area is 94.2 Å². The zero-order valence-electron chi connectivity index (χ0n) is 8.98. The summed E-state index contributed by atoms with van der Waals surface area (Å²) in [6, 6.07) is 7.61. The molecule has 0 unspecified atom stereocenters. The van der Waals surface area contributed by atoms with Gasteiger partial charge in [0.2, 0.25) is 5.90 Å². The first-order valence-electron chi connectivity index (χ1n) is 5.20. The molecule has 1 aliphatic rings. The van der Waals surface area contributed by atoms with Crippen molar-refractivity contribution in [3.63, 3.8) is 0 Å². The number of hydrogen-bond acceptors (Lipinski definition) is 5. The highest BCUT2D eigenvalue weighted by Gasteiger charge is 2.16. The highest BCUT2D eigenvalue weighted by Crippen LogP contribution is 2.21. The lowest BCUT2D eigenvalue weighted by Gasteiger charge is -2.30. The average Bonchev–Trinajstić information content (AvgIpc) is 2.39. The Balaban J connectivity index is 2.28. The van der Waals surface area contributed by atoms with E-state index in [1.54, 1.807) is 0 Å². The molecule has 0 spiro atoms. The van der Waals surface area contributed by atoms with Crippen molar-refractivity contribution in [2.24, 2.45) is 5.90 Å². The molecule has 86 valence electrons. The minimum atomic E-state index is -0.0120. The van der Waals surface area contributed by atoms with Crippen molar-refractivity contribution < 1.29 is 9.57 Å². The molecule has 3 N–H and O–H groups in total. The van der Waals surface area contributed by atoms with Gasteiger partial charge in [-0.2, -0.15) is 5.90 Å². The van der Waals surface area contributed by atoms with E-state index in [-0.39, 0.29) is 5.90 Å². The molecular weight excluding hydrogens is 206 g/mol. The van der Waals surface area contributed by atoms with Gasteiger partial charge < -0.3 is 14.5 Å². The Hall–Kier alpha value is -1.59. The lowest BCUT2D eigenvalue weighted by Crippen LogP contribution is -2.37. The molecule has 2 rings (SSSR count). The quantitative estimate of drug-likeness (QED) is 0.439. The second kappa shape index (κ2) is 4.96. The Morgan fingerprint density at radius 1 is 1.31 bits per heavy atom. The number of rotatable bonds is 2. The van der Waals surface area contributed by atoms with Gasteiger partial charge in [-0.15, -0.1) is 0 Å². The van der Waals surface area contributed by atoms with Crippen molar-refractivity contribution in [1.82, 2.24) is 0 Å². The Morgan fingerprint density at radius 3 is 2.69 bits per heavy atom. The molecule has 1 saturated heterocycles. The van der Waals surface area contributed by atoms with Gasteiger partial charge >= 0.3 is 0 Å². The number of nitrogens with zero attached hydrogens (tertiary/aromatic N) is 1. The first-order chi connectivity index (χ1) is 7.83. The van der Waals surface area contributed by atoms with Crippen molar-refractivity contribution >= 4 is 11.6 Å². The molecule has 5 nitrogen and oxygen atoms in total. The van der Waals surface area contributed by atoms with Crippen LogP contribution in [-0.4, -0.2) is 32.2 Å². The maximum absolute atomic E-state index is 7.63. The van der Waals surface area contributed by atoms with Crippen LogP contribution in [0.25, 0.3) is 0 Å². The van der Waals surface area contributed by atoms with E-state index in [4.69, 9.17) is 16.0 Å². The zero-order valence-corrected chi connectivity index (χ0v) is 8.98. The number of ether oxygens (including phenoxy) is 1. The minimum Gasteiger partial charge on any atom is -0.391 e. The summed E-state index contributed by atoms with van der Waals surface area (Å²) in [5.74, 6) is 5.02. The molecular formula is C11H15N3O2. The van der Waals surface area contributed by atoms with Crippen LogP contribution in [0, 0.1) is 5.41 Å². The fourth-order valence-corrected chi connectivity index (χ4v) is 1.81. The van der Waals surface area contributed by atoms with E-state index in [1.807, 2.05) is 24.3 Å². The fourth-order valence-electron chi connectivity index (χ4n) is 1.81. The van der Waals surface area contributed by atoms with Crippen LogP contribution in [0.4, 0.5) is 5.69 Å². The molecule has 1 heterocycles. The van der Waals surface area contributed by atoms with Crippen LogP contribution < -0.4 is 10.8 Å². The third-order valence-electron chi connectivity index (χ3n) is 2.62. The molecule has 1 aliphatic heterocycles. The van der Waals surface area contributed by atoms with Gasteiger partial charge in [-0.25, -0.2) is 0 Å².